The lowest BCUT2D eigenvalue weighted by atomic mass is 10.3. The van der Waals surface area contributed by atoms with Gasteiger partial charge in [0.15, 0.2) is 0 Å². The minimum atomic E-state index is -3.74. The highest BCUT2D eigenvalue weighted by molar-refractivity contribution is 7.99. The molecule has 0 atom stereocenters. The zero-order valence-electron chi connectivity index (χ0n) is 17.9. The largest absolute Gasteiger partial charge is 0.492 e. The summed E-state index contributed by atoms with van der Waals surface area (Å²) in [6, 6.07) is 6.46. The van der Waals surface area contributed by atoms with E-state index in [1.165, 1.54) is 22.1 Å². The van der Waals surface area contributed by atoms with Gasteiger partial charge >= 0.3 is 0 Å². The van der Waals surface area contributed by atoms with Crippen molar-refractivity contribution in [3.63, 3.8) is 0 Å². The van der Waals surface area contributed by atoms with Crippen LogP contribution in [0.25, 0.3) is 0 Å². The number of benzene rings is 1. The number of hydrogen-bond acceptors (Lipinski definition) is 7. The summed E-state index contributed by atoms with van der Waals surface area (Å²) in [4.78, 5) is 21.0. The molecule has 10 heteroatoms. The van der Waals surface area contributed by atoms with Crippen molar-refractivity contribution in [2.45, 2.75) is 44.5 Å². The van der Waals surface area contributed by atoms with E-state index >= 15 is 0 Å². The smallest absolute Gasteiger partial charge is 0.246 e. The number of sulfonamides is 1. The first-order valence-corrected chi connectivity index (χ1v) is 12.2. The fraction of sp³-hybridized carbons (Fsp3) is 0.450. The number of thioether (sulfide) groups is 1. The SMILES string of the molecule is CCOc1ccc(NC(=O)CSc2cc(C)nc(C)n2)cc1S(=O)(=O)N(CC)CC. The number of ether oxygens (including phenoxy) is 1. The van der Waals surface area contributed by atoms with Crippen LogP contribution in [0.1, 0.15) is 32.3 Å². The second-order valence-corrected chi connectivity index (χ2v) is 9.32. The van der Waals surface area contributed by atoms with E-state index in [0.717, 1.165) is 5.69 Å². The highest BCUT2D eigenvalue weighted by Crippen LogP contribution is 2.30. The second kappa shape index (κ2) is 10.7. The first-order chi connectivity index (χ1) is 14.2. The first kappa shape index (κ1) is 24.1. The molecule has 164 valence electrons. The van der Waals surface area contributed by atoms with Crippen LogP contribution in [0.4, 0.5) is 5.69 Å². The Kier molecular flexibility index (Phi) is 8.63. The van der Waals surface area contributed by atoms with Crippen molar-refractivity contribution in [3.8, 4) is 5.75 Å². The summed E-state index contributed by atoms with van der Waals surface area (Å²) >= 11 is 1.29. The van der Waals surface area contributed by atoms with E-state index in [4.69, 9.17) is 4.74 Å². The van der Waals surface area contributed by atoms with Crippen LogP contribution < -0.4 is 10.1 Å². The maximum atomic E-state index is 13.0. The second-order valence-electron chi connectivity index (χ2n) is 6.42. The van der Waals surface area contributed by atoms with Gasteiger partial charge < -0.3 is 10.1 Å². The molecule has 30 heavy (non-hydrogen) atoms. The molecule has 0 aliphatic carbocycles. The van der Waals surface area contributed by atoms with Crippen molar-refractivity contribution in [1.82, 2.24) is 14.3 Å². The Bertz CT molecular complexity index is 972. The zero-order valence-corrected chi connectivity index (χ0v) is 19.6. The third-order valence-electron chi connectivity index (χ3n) is 4.14. The number of rotatable bonds is 10. The van der Waals surface area contributed by atoms with Crippen LogP contribution in [0, 0.1) is 13.8 Å². The van der Waals surface area contributed by atoms with Crippen LogP contribution >= 0.6 is 11.8 Å². The summed E-state index contributed by atoms with van der Waals surface area (Å²) in [5.41, 5.74) is 1.23. The zero-order chi connectivity index (χ0) is 22.3. The van der Waals surface area contributed by atoms with Crippen LogP contribution in [-0.2, 0) is 14.8 Å². The van der Waals surface area contributed by atoms with E-state index in [-0.39, 0.29) is 22.3 Å². The molecular formula is C20H28N4O4S2. The van der Waals surface area contributed by atoms with Crippen LogP contribution in [-0.4, -0.2) is 54.0 Å². The Morgan fingerprint density at radius 3 is 2.43 bits per heavy atom. The highest BCUT2D eigenvalue weighted by Gasteiger charge is 2.26. The molecule has 1 aromatic carbocycles. The number of hydrogen-bond donors (Lipinski definition) is 1. The molecule has 0 aliphatic heterocycles. The Labute approximate surface area is 182 Å². The topological polar surface area (TPSA) is 101 Å². The minimum Gasteiger partial charge on any atom is -0.492 e. The van der Waals surface area contributed by atoms with Gasteiger partial charge in [-0.25, -0.2) is 18.4 Å². The van der Waals surface area contributed by atoms with Crippen molar-refractivity contribution in [2.75, 3.05) is 30.8 Å². The molecule has 2 aromatic rings. The summed E-state index contributed by atoms with van der Waals surface area (Å²) in [7, 11) is -3.74. The minimum absolute atomic E-state index is 0.0422. The molecule has 0 unspecified atom stereocenters. The molecule has 0 bridgehead atoms. The molecule has 0 saturated carbocycles. The van der Waals surface area contributed by atoms with Crippen molar-refractivity contribution in [1.29, 1.82) is 0 Å². The normalized spacial score (nSPS) is 11.5. The lowest BCUT2D eigenvalue weighted by Gasteiger charge is -2.21. The van der Waals surface area contributed by atoms with Gasteiger partial charge in [0.1, 0.15) is 21.5 Å². The average Bonchev–Trinajstić information content (AvgIpc) is 2.67. The lowest BCUT2D eigenvalue weighted by Crippen LogP contribution is -2.31. The van der Waals surface area contributed by atoms with Crippen LogP contribution in [0.2, 0.25) is 0 Å². The van der Waals surface area contributed by atoms with Crippen molar-refractivity contribution >= 4 is 33.4 Å². The van der Waals surface area contributed by atoms with E-state index in [2.05, 4.69) is 15.3 Å². The van der Waals surface area contributed by atoms with E-state index < -0.39 is 10.0 Å². The summed E-state index contributed by atoms with van der Waals surface area (Å²) in [5, 5.41) is 3.47. The van der Waals surface area contributed by atoms with Gasteiger partial charge in [0.25, 0.3) is 0 Å². The molecular weight excluding hydrogens is 424 g/mol. The summed E-state index contributed by atoms with van der Waals surface area (Å²) < 4.78 is 32.9. The molecule has 8 nitrogen and oxygen atoms in total. The molecule has 1 heterocycles. The molecule has 0 aliphatic rings. The molecule has 2 rings (SSSR count). The Hall–Kier alpha value is -2.17. The van der Waals surface area contributed by atoms with Gasteiger partial charge in [-0.05, 0) is 45.0 Å². The van der Waals surface area contributed by atoms with E-state index in [9.17, 15) is 13.2 Å². The van der Waals surface area contributed by atoms with Gasteiger partial charge in [-0.15, -0.1) is 0 Å². The maximum absolute atomic E-state index is 13.0. The first-order valence-electron chi connectivity index (χ1n) is 9.73. The standard InChI is InChI=1S/C20H28N4O4S2/c1-6-24(7-2)30(26,27)18-12-16(9-10-17(18)28-8-3)23-19(25)13-29-20-11-14(4)21-15(5)22-20/h9-12H,6-8,13H2,1-5H3,(H,23,25). The number of anilines is 1. The third kappa shape index (κ3) is 6.16. The van der Waals surface area contributed by atoms with Crippen LogP contribution in [0.3, 0.4) is 0 Å². The van der Waals surface area contributed by atoms with E-state index in [1.807, 2.05) is 13.0 Å². The Balaban J connectivity index is 2.20. The van der Waals surface area contributed by atoms with Gasteiger partial charge in [0.05, 0.1) is 12.4 Å². The Morgan fingerprint density at radius 2 is 1.83 bits per heavy atom. The third-order valence-corrected chi connectivity index (χ3v) is 7.13. The van der Waals surface area contributed by atoms with Crippen LogP contribution in [0.5, 0.6) is 5.75 Å². The maximum Gasteiger partial charge on any atom is 0.246 e. The molecule has 0 spiro atoms. The average molecular weight is 453 g/mol. The monoisotopic (exact) mass is 452 g/mol. The number of aryl methyl sites for hydroxylation is 2. The van der Waals surface area contributed by atoms with E-state index in [1.54, 1.807) is 39.8 Å². The number of aromatic nitrogens is 2. The number of carbonyl (C=O) groups is 1. The molecule has 1 aromatic heterocycles. The predicted octanol–water partition coefficient (Wildman–Crippen LogP) is 3.25. The number of nitrogens with zero attached hydrogens (tertiary/aromatic N) is 3. The Morgan fingerprint density at radius 1 is 1.13 bits per heavy atom. The van der Waals surface area contributed by atoms with Gasteiger partial charge in [0, 0.05) is 24.5 Å². The highest BCUT2D eigenvalue weighted by atomic mass is 32.2. The van der Waals surface area contributed by atoms with Crippen molar-refractivity contribution < 1.29 is 17.9 Å². The molecule has 0 fully saturated rings. The number of nitrogens with one attached hydrogen (secondary N) is 1. The quantitative estimate of drug-likeness (QED) is 0.436. The number of carbonyl (C=O) groups excluding carboxylic acids is 1. The summed E-state index contributed by atoms with van der Waals surface area (Å²) in [6.07, 6.45) is 0. The fourth-order valence-electron chi connectivity index (χ4n) is 2.86. The van der Waals surface area contributed by atoms with Gasteiger partial charge in [-0.2, -0.15) is 4.31 Å². The molecule has 0 radical (unpaired) electrons. The molecule has 0 saturated heterocycles. The predicted molar refractivity (Wildman–Crippen MR) is 119 cm³/mol. The van der Waals surface area contributed by atoms with E-state index in [0.29, 0.717) is 36.2 Å². The van der Waals surface area contributed by atoms with Gasteiger partial charge in [-0.1, -0.05) is 25.6 Å². The summed E-state index contributed by atoms with van der Waals surface area (Å²) in [6.45, 7) is 10.0. The fourth-order valence-corrected chi connectivity index (χ4v) is 5.28. The molecule has 1 amide bonds. The van der Waals surface area contributed by atoms with Crippen molar-refractivity contribution in [2.24, 2.45) is 0 Å². The summed E-state index contributed by atoms with van der Waals surface area (Å²) in [5.74, 6) is 0.796. The van der Waals surface area contributed by atoms with Crippen LogP contribution in [0.15, 0.2) is 34.2 Å². The van der Waals surface area contributed by atoms with Gasteiger partial charge in [0.2, 0.25) is 15.9 Å². The van der Waals surface area contributed by atoms with Crippen molar-refractivity contribution in [3.05, 3.63) is 35.8 Å². The lowest BCUT2D eigenvalue weighted by molar-refractivity contribution is -0.113. The molecule has 1 N–H and O–H groups in total. The number of amides is 1. The van der Waals surface area contributed by atoms with Gasteiger partial charge in [-0.3, -0.25) is 4.79 Å².